The van der Waals surface area contributed by atoms with Crippen LogP contribution in [0.5, 0.6) is 0 Å². The van der Waals surface area contributed by atoms with E-state index in [9.17, 15) is 9.59 Å². The Balaban J connectivity index is 2.35. The van der Waals surface area contributed by atoms with Crippen molar-refractivity contribution in [3.8, 4) is 0 Å². The Kier molecular flexibility index (Phi) is 5.81. The zero-order valence-corrected chi connectivity index (χ0v) is 11.0. The van der Waals surface area contributed by atoms with E-state index in [0.717, 1.165) is 5.69 Å². The molecule has 0 fully saturated rings. The van der Waals surface area contributed by atoms with Gasteiger partial charge in [0.05, 0.1) is 6.61 Å². The minimum atomic E-state index is -1.02. The summed E-state index contributed by atoms with van der Waals surface area (Å²) in [5.74, 6) is -1.23. The van der Waals surface area contributed by atoms with E-state index in [-0.39, 0.29) is 25.7 Å². The molecule has 1 rings (SSSR count). The van der Waals surface area contributed by atoms with Gasteiger partial charge in [-0.2, -0.15) is 0 Å². The normalized spacial score (nSPS) is 10.0. The summed E-state index contributed by atoms with van der Waals surface area (Å²) in [7, 11) is 3.85. The molecule has 0 saturated heterocycles. The van der Waals surface area contributed by atoms with Crippen molar-refractivity contribution in [1.29, 1.82) is 0 Å². The monoisotopic (exact) mass is 266 g/mol. The molecular formula is C13H18N2O4. The Morgan fingerprint density at radius 3 is 2.42 bits per heavy atom. The van der Waals surface area contributed by atoms with Gasteiger partial charge in [-0.1, -0.05) is 0 Å². The number of benzene rings is 1. The number of aliphatic carboxylic acids is 1. The number of amides is 1. The molecule has 0 radical (unpaired) electrons. The fourth-order valence-electron chi connectivity index (χ4n) is 1.41. The molecule has 0 aliphatic heterocycles. The van der Waals surface area contributed by atoms with Crippen LogP contribution in [0.4, 0.5) is 5.69 Å². The van der Waals surface area contributed by atoms with E-state index in [4.69, 9.17) is 9.84 Å². The molecule has 6 heteroatoms. The third-order valence-corrected chi connectivity index (χ3v) is 2.40. The van der Waals surface area contributed by atoms with Gasteiger partial charge in [0.15, 0.2) is 0 Å². The van der Waals surface area contributed by atoms with E-state index in [0.29, 0.717) is 5.56 Å². The molecule has 0 aromatic heterocycles. The van der Waals surface area contributed by atoms with Crippen molar-refractivity contribution >= 4 is 17.6 Å². The van der Waals surface area contributed by atoms with Crippen molar-refractivity contribution in [2.75, 3.05) is 38.8 Å². The summed E-state index contributed by atoms with van der Waals surface area (Å²) in [6, 6.07) is 7.19. The van der Waals surface area contributed by atoms with E-state index in [1.165, 1.54) is 0 Å². The molecule has 0 spiro atoms. The van der Waals surface area contributed by atoms with Crippen molar-refractivity contribution in [2.45, 2.75) is 0 Å². The fraction of sp³-hybridized carbons (Fsp3) is 0.385. The molecule has 104 valence electrons. The highest BCUT2D eigenvalue weighted by molar-refractivity contribution is 5.94. The highest BCUT2D eigenvalue weighted by Crippen LogP contribution is 2.11. The Labute approximate surface area is 112 Å². The van der Waals surface area contributed by atoms with Crippen LogP contribution in [-0.2, 0) is 9.53 Å². The van der Waals surface area contributed by atoms with Gasteiger partial charge in [0.25, 0.3) is 5.91 Å². The molecular weight excluding hydrogens is 248 g/mol. The van der Waals surface area contributed by atoms with Gasteiger partial charge in [-0.05, 0) is 24.3 Å². The van der Waals surface area contributed by atoms with Crippen LogP contribution in [0.3, 0.4) is 0 Å². The second-order valence-electron chi connectivity index (χ2n) is 4.14. The highest BCUT2D eigenvalue weighted by Gasteiger charge is 2.05. The van der Waals surface area contributed by atoms with Crippen molar-refractivity contribution in [1.82, 2.24) is 5.32 Å². The lowest BCUT2D eigenvalue weighted by molar-refractivity contribution is -0.142. The fourth-order valence-corrected chi connectivity index (χ4v) is 1.41. The van der Waals surface area contributed by atoms with E-state index in [2.05, 4.69) is 5.32 Å². The molecule has 19 heavy (non-hydrogen) atoms. The first-order valence-electron chi connectivity index (χ1n) is 5.86. The van der Waals surface area contributed by atoms with Gasteiger partial charge < -0.3 is 20.1 Å². The number of hydrogen-bond acceptors (Lipinski definition) is 4. The second-order valence-corrected chi connectivity index (χ2v) is 4.14. The lowest BCUT2D eigenvalue weighted by Crippen LogP contribution is -2.27. The number of carbonyl (C=O) groups is 2. The van der Waals surface area contributed by atoms with Gasteiger partial charge in [-0.25, -0.2) is 4.79 Å². The first-order valence-corrected chi connectivity index (χ1v) is 5.86. The van der Waals surface area contributed by atoms with Crippen LogP contribution < -0.4 is 10.2 Å². The average molecular weight is 266 g/mol. The van der Waals surface area contributed by atoms with Crippen molar-refractivity contribution in [3.63, 3.8) is 0 Å². The number of anilines is 1. The summed E-state index contributed by atoms with van der Waals surface area (Å²) in [4.78, 5) is 23.9. The standard InChI is InChI=1S/C13H18N2O4/c1-15(2)11-5-3-10(4-6-11)13(18)14-7-8-19-9-12(16)17/h3-6H,7-9H2,1-2H3,(H,14,18)(H,16,17). The molecule has 1 aromatic rings. The van der Waals surface area contributed by atoms with Gasteiger partial charge in [0.2, 0.25) is 0 Å². The van der Waals surface area contributed by atoms with E-state index in [1.807, 2.05) is 31.1 Å². The summed E-state index contributed by atoms with van der Waals surface area (Å²) >= 11 is 0. The molecule has 0 saturated carbocycles. The SMILES string of the molecule is CN(C)c1ccc(C(=O)NCCOCC(=O)O)cc1. The smallest absolute Gasteiger partial charge is 0.329 e. The predicted octanol–water partition coefficient (Wildman–Crippen LogP) is 0.584. The number of nitrogens with one attached hydrogen (secondary N) is 1. The van der Waals surface area contributed by atoms with Crippen molar-refractivity contribution < 1.29 is 19.4 Å². The van der Waals surface area contributed by atoms with E-state index in [1.54, 1.807) is 12.1 Å². The quantitative estimate of drug-likeness (QED) is 0.706. The second kappa shape index (κ2) is 7.38. The van der Waals surface area contributed by atoms with Crippen LogP contribution in [0, 0.1) is 0 Å². The molecule has 6 nitrogen and oxygen atoms in total. The van der Waals surface area contributed by atoms with Crippen LogP contribution in [0.25, 0.3) is 0 Å². The van der Waals surface area contributed by atoms with Gasteiger partial charge in [0.1, 0.15) is 6.61 Å². The van der Waals surface area contributed by atoms with Crippen molar-refractivity contribution in [3.05, 3.63) is 29.8 Å². The summed E-state index contributed by atoms with van der Waals surface area (Å²) < 4.78 is 4.81. The van der Waals surface area contributed by atoms with Gasteiger partial charge >= 0.3 is 5.97 Å². The van der Waals surface area contributed by atoms with Crippen LogP contribution >= 0.6 is 0 Å². The Bertz CT molecular complexity index is 429. The third kappa shape index (κ3) is 5.39. The largest absolute Gasteiger partial charge is 0.480 e. The van der Waals surface area contributed by atoms with Crippen LogP contribution in [0.1, 0.15) is 10.4 Å². The van der Waals surface area contributed by atoms with Crippen LogP contribution in [0.15, 0.2) is 24.3 Å². The Morgan fingerprint density at radius 1 is 1.26 bits per heavy atom. The maximum atomic E-state index is 11.7. The van der Waals surface area contributed by atoms with Crippen molar-refractivity contribution in [2.24, 2.45) is 0 Å². The number of rotatable bonds is 7. The highest BCUT2D eigenvalue weighted by atomic mass is 16.5. The van der Waals surface area contributed by atoms with Crippen LogP contribution in [0.2, 0.25) is 0 Å². The average Bonchev–Trinajstić information content (AvgIpc) is 2.37. The molecule has 0 bridgehead atoms. The van der Waals surface area contributed by atoms with E-state index < -0.39 is 5.97 Å². The van der Waals surface area contributed by atoms with Gasteiger partial charge in [0, 0.05) is 31.9 Å². The molecule has 2 N–H and O–H groups in total. The van der Waals surface area contributed by atoms with Gasteiger partial charge in [-0.3, -0.25) is 4.79 Å². The molecule has 0 heterocycles. The number of ether oxygens (including phenoxy) is 1. The lowest BCUT2D eigenvalue weighted by Gasteiger charge is -2.12. The summed E-state index contributed by atoms with van der Waals surface area (Å²) in [5.41, 5.74) is 1.57. The number of carboxylic acid groups (broad SMARTS) is 1. The van der Waals surface area contributed by atoms with Gasteiger partial charge in [-0.15, -0.1) is 0 Å². The zero-order chi connectivity index (χ0) is 14.3. The molecule has 0 unspecified atom stereocenters. The third-order valence-electron chi connectivity index (χ3n) is 2.40. The first kappa shape index (κ1) is 15.0. The Hall–Kier alpha value is -2.08. The molecule has 1 amide bonds. The summed E-state index contributed by atoms with van der Waals surface area (Å²) in [6.45, 7) is 0.1000. The number of carbonyl (C=O) groups excluding carboxylic acids is 1. The minimum absolute atomic E-state index is 0.174. The maximum Gasteiger partial charge on any atom is 0.329 e. The summed E-state index contributed by atoms with van der Waals surface area (Å²) in [6.07, 6.45) is 0. The van der Waals surface area contributed by atoms with E-state index >= 15 is 0 Å². The summed E-state index contributed by atoms with van der Waals surface area (Å²) in [5, 5.41) is 11.0. The number of carboxylic acids is 1. The predicted molar refractivity (Wildman–Crippen MR) is 71.6 cm³/mol. The zero-order valence-electron chi connectivity index (χ0n) is 11.0. The Morgan fingerprint density at radius 2 is 1.89 bits per heavy atom. The molecule has 0 aliphatic carbocycles. The van der Waals surface area contributed by atoms with Crippen LogP contribution in [-0.4, -0.2) is 50.8 Å². The number of hydrogen-bond donors (Lipinski definition) is 2. The lowest BCUT2D eigenvalue weighted by atomic mass is 10.2. The molecule has 0 aliphatic rings. The molecule has 1 aromatic carbocycles. The number of nitrogens with zero attached hydrogens (tertiary/aromatic N) is 1. The minimum Gasteiger partial charge on any atom is -0.480 e. The molecule has 0 atom stereocenters. The first-order chi connectivity index (χ1) is 9.00. The topological polar surface area (TPSA) is 78.9 Å². The maximum absolute atomic E-state index is 11.7.